The molecule has 0 saturated carbocycles. The van der Waals surface area contributed by atoms with E-state index in [2.05, 4.69) is 42.0 Å². The van der Waals surface area contributed by atoms with Gasteiger partial charge in [-0.25, -0.2) is 4.39 Å². The van der Waals surface area contributed by atoms with Gasteiger partial charge in [0.1, 0.15) is 5.82 Å². The van der Waals surface area contributed by atoms with Crippen molar-refractivity contribution in [1.82, 2.24) is 10.2 Å². The summed E-state index contributed by atoms with van der Waals surface area (Å²) in [5, 5.41) is 3.36. The average Bonchev–Trinajstić information content (AvgIpc) is 2.48. The smallest absolute Gasteiger partial charge is 0.129 e. The van der Waals surface area contributed by atoms with Crippen molar-refractivity contribution in [2.45, 2.75) is 27.3 Å². The van der Waals surface area contributed by atoms with Crippen LogP contribution in [0.2, 0.25) is 0 Å². The van der Waals surface area contributed by atoms with Crippen LogP contribution in [-0.2, 0) is 6.54 Å². The van der Waals surface area contributed by atoms with Crippen LogP contribution >= 0.6 is 0 Å². The van der Waals surface area contributed by atoms with E-state index in [9.17, 15) is 4.39 Å². The van der Waals surface area contributed by atoms with Gasteiger partial charge in [-0.3, -0.25) is 0 Å². The molecule has 4 heteroatoms. The Hall–Kier alpha value is -1.13. The van der Waals surface area contributed by atoms with Gasteiger partial charge in [0, 0.05) is 44.0 Å². The summed E-state index contributed by atoms with van der Waals surface area (Å²) in [5.74, 6) is 0.481. The lowest BCUT2D eigenvalue weighted by Crippen LogP contribution is -2.46. The molecule has 1 aliphatic heterocycles. The molecular weight excluding hydrogens is 265 g/mol. The molecule has 1 fully saturated rings. The number of nitrogens with one attached hydrogen (secondary N) is 1. The summed E-state index contributed by atoms with van der Waals surface area (Å²) >= 11 is 0. The van der Waals surface area contributed by atoms with Crippen LogP contribution in [0.25, 0.3) is 0 Å². The Morgan fingerprint density at radius 2 is 1.90 bits per heavy atom. The van der Waals surface area contributed by atoms with Gasteiger partial charge in [0.25, 0.3) is 0 Å². The van der Waals surface area contributed by atoms with Crippen LogP contribution in [0.3, 0.4) is 0 Å². The Morgan fingerprint density at radius 1 is 1.19 bits per heavy atom. The zero-order valence-electron chi connectivity index (χ0n) is 13.5. The molecule has 3 nitrogen and oxygen atoms in total. The molecule has 0 unspecified atom stereocenters. The van der Waals surface area contributed by atoms with Crippen molar-refractivity contribution in [3.8, 4) is 0 Å². The summed E-state index contributed by atoms with van der Waals surface area (Å²) in [7, 11) is 0. The minimum atomic E-state index is -0.0957. The normalized spacial score (nSPS) is 16.7. The summed E-state index contributed by atoms with van der Waals surface area (Å²) < 4.78 is 14.2. The van der Waals surface area contributed by atoms with Crippen LogP contribution in [0, 0.1) is 11.7 Å². The fourth-order valence-electron chi connectivity index (χ4n) is 2.81. The second-order valence-electron chi connectivity index (χ2n) is 6.18. The van der Waals surface area contributed by atoms with Crippen molar-refractivity contribution < 1.29 is 4.39 Å². The average molecular weight is 293 g/mol. The summed E-state index contributed by atoms with van der Waals surface area (Å²) in [6.07, 6.45) is 0. The quantitative estimate of drug-likeness (QED) is 0.870. The predicted molar refractivity (Wildman–Crippen MR) is 87.3 cm³/mol. The Bertz CT molecular complexity index is 440. The SMILES string of the molecule is CCN1CCN(c2cccc(F)c2CNCC(C)C)CC1. The van der Waals surface area contributed by atoms with Gasteiger partial charge in [-0.05, 0) is 31.1 Å². The van der Waals surface area contributed by atoms with Crippen LogP contribution in [0.15, 0.2) is 18.2 Å². The first kappa shape index (κ1) is 16.2. The van der Waals surface area contributed by atoms with Crippen molar-refractivity contribution in [3.05, 3.63) is 29.6 Å². The van der Waals surface area contributed by atoms with Crippen molar-refractivity contribution in [2.24, 2.45) is 5.92 Å². The van der Waals surface area contributed by atoms with Gasteiger partial charge in [-0.1, -0.05) is 26.8 Å². The number of hydrogen-bond donors (Lipinski definition) is 1. The number of benzene rings is 1. The molecule has 1 N–H and O–H groups in total. The number of likely N-dealkylation sites (N-methyl/N-ethyl adjacent to an activating group) is 1. The molecule has 1 saturated heterocycles. The van der Waals surface area contributed by atoms with Crippen LogP contribution in [0.5, 0.6) is 0 Å². The number of rotatable bonds is 6. The number of hydrogen-bond acceptors (Lipinski definition) is 3. The third-order valence-electron chi connectivity index (χ3n) is 4.11. The molecule has 0 bridgehead atoms. The van der Waals surface area contributed by atoms with Gasteiger partial charge in [0.2, 0.25) is 0 Å². The first-order chi connectivity index (χ1) is 10.1. The Kier molecular flexibility index (Phi) is 6.00. The number of nitrogens with zero attached hydrogens (tertiary/aromatic N) is 2. The predicted octanol–water partition coefficient (Wildman–Crippen LogP) is 2.71. The van der Waals surface area contributed by atoms with Gasteiger partial charge in [0.05, 0.1) is 0 Å². The first-order valence-electron chi connectivity index (χ1n) is 8.07. The maximum absolute atomic E-state index is 14.2. The summed E-state index contributed by atoms with van der Waals surface area (Å²) in [5.41, 5.74) is 1.87. The third-order valence-corrected chi connectivity index (χ3v) is 4.11. The molecule has 1 heterocycles. The van der Waals surface area contributed by atoms with Crippen molar-refractivity contribution in [2.75, 3.05) is 44.2 Å². The summed E-state index contributed by atoms with van der Waals surface area (Å²) in [4.78, 5) is 4.76. The fourth-order valence-corrected chi connectivity index (χ4v) is 2.81. The molecular formula is C17H28FN3. The maximum Gasteiger partial charge on any atom is 0.129 e. The van der Waals surface area contributed by atoms with Gasteiger partial charge in [-0.15, -0.1) is 0 Å². The Balaban J connectivity index is 2.06. The Morgan fingerprint density at radius 3 is 2.52 bits per heavy atom. The zero-order valence-corrected chi connectivity index (χ0v) is 13.5. The molecule has 0 radical (unpaired) electrons. The second kappa shape index (κ2) is 7.76. The second-order valence-corrected chi connectivity index (χ2v) is 6.18. The van der Waals surface area contributed by atoms with Crippen molar-refractivity contribution in [3.63, 3.8) is 0 Å². The van der Waals surface area contributed by atoms with Crippen LogP contribution in [-0.4, -0.2) is 44.2 Å². The molecule has 1 aromatic rings. The maximum atomic E-state index is 14.2. The molecule has 0 amide bonds. The number of anilines is 1. The van der Waals surface area contributed by atoms with E-state index >= 15 is 0 Å². The standard InChI is InChI=1S/C17H28FN3/c1-4-20-8-10-21(11-9-20)17-7-5-6-16(18)15(17)13-19-12-14(2)3/h5-7,14,19H,4,8-13H2,1-3H3. The van der Waals surface area contributed by atoms with E-state index in [1.165, 1.54) is 0 Å². The topological polar surface area (TPSA) is 18.5 Å². The molecule has 21 heavy (non-hydrogen) atoms. The molecule has 2 rings (SSSR count). The minimum absolute atomic E-state index is 0.0957. The summed E-state index contributed by atoms with van der Waals surface area (Å²) in [6, 6.07) is 5.44. The zero-order chi connectivity index (χ0) is 15.2. The molecule has 0 aliphatic carbocycles. The molecule has 0 atom stereocenters. The molecule has 0 aromatic heterocycles. The highest BCUT2D eigenvalue weighted by molar-refractivity contribution is 5.54. The molecule has 1 aliphatic rings. The van der Waals surface area contributed by atoms with Gasteiger partial charge in [-0.2, -0.15) is 0 Å². The highest BCUT2D eigenvalue weighted by Crippen LogP contribution is 2.24. The van der Waals surface area contributed by atoms with Crippen molar-refractivity contribution in [1.29, 1.82) is 0 Å². The van der Waals surface area contributed by atoms with E-state index in [4.69, 9.17) is 0 Å². The monoisotopic (exact) mass is 293 g/mol. The lowest BCUT2D eigenvalue weighted by Gasteiger charge is -2.36. The molecule has 0 spiro atoms. The van der Waals surface area contributed by atoms with E-state index in [1.54, 1.807) is 6.07 Å². The molecule has 118 valence electrons. The van der Waals surface area contributed by atoms with E-state index in [0.717, 1.165) is 50.5 Å². The largest absolute Gasteiger partial charge is 0.369 e. The highest BCUT2D eigenvalue weighted by Gasteiger charge is 2.19. The van der Waals surface area contributed by atoms with E-state index in [0.29, 0.717) is 12.5 Å². The third kappa shape index (κ3) is 4.42. The van der Waals surface area contributed by atoms with Crippen LogP contribution < -0.4 is 10.2 Å². The van der Waals surface area contributed by atoms with E-state index < -0.39 is 0 Å². The van der Waals surface area contributed by atoms with Crippen LogP contribution in [0.4, 0.5) is 10.1 Å². The van der Waals surface area contributed by atoms with E-state index in [-0.39, 0.29) is 5.82 Å². The molecule has 1 aromatic carbocycles. The highest BCUT2D eigenvalue weighted by atomic mass is 19.1. The lowest BCUT2D eigenvalue weighted by molar-refractivity contribution is 0.271. The van der Waals surface area contributed by atoms with E-state index in [1.807, 2.05) is 6.07 Å². The van der Waals surface area contributed by atoms with Crippen molar-refractivity contribution >= 4 is 5.69 Å². The Labute approximate surface area is 128 Å². The van der Waals surface area contributed by atoms with Gasteiger partial charge < -0.3 is 15.1 Å². The van der Waals surface area contributed by atoms with Gasteiger partial charge in [0.15, 0.2) is 0 Å². The summed E-state index contributed by atoms with van der Waals surface area (Å²) in [6.45, 7) is 13.2. The van der Waals surface area contributed by atoms with Gasteiger partial charge >= 0.3 is 0 Å². The van der Waals surface area contributed by atoms with Crippen LogP contribution in [0.1, 0.15) is 26.3 Å². The lowest BCUT2D eigenvalue weighted by atomic mass is 10.1. The number of piperazine rings is 1. The first-order valence-corrected chi connectivity index (χ1v) is 8.07. The fraction of sp³-hybridized carbons (Fsp3) is 0.647. The minimum Gasteiger partial charge on any atom is -0.369 e. The number of halogens is 1.